The first-order valence-electron chi connectivity index (χ1n) is 5.82. The molecule has 0 saturated heterocycles. The molecule has 0 bridgehead atoms. The maximum absolute atomic E-state index is 13.4. The Labute approximate surface area is 136 Å². The van der Waals surface area contributed by atoms with Crippen molar-refractivity contribution in [2.75, 3.05) is 5.32 Å². The minimum atomic E-state index is -0.263. The van der Waals surface area contributed by atoms with E-state index in [4.69, 9.17) is 0 Å². The van der Waals surface area contributed by atoms with Crippen LogP contribution in [0, 0.1) is 12.7 Å². The molecule has 3 rings (SSSR count). The van der Waals surface area contributed by atoms with Gasteiger partial charge < -0.3 is 5.32 Å². The normalized spacial score (nSPS) is 11.0. The molecule has 6 heteroatoms. The summed E-state index contributed by atoms with van der Waals surface area (Å²) in [6.45, 7) is 1.86. The highest BCUT2D eigenvalue weighted by atomic mass is 79.9. The average molecular weight is 416 g/mol. The summed E-state index contributed by atoms with van der Waals surface area (Å²) in [6.07, 6.45) is 0. The number of thiazole rings is 1. The molecule has 0 spiro atoms. The number of hydrogen-bond donors (Lipinski definition) is 1. The summed E-state index contributed by atoms with van der Waals surface area (Å²) >= 11 is 8.20. The standard InChI is InChI=1S/C14H9Br2FN2S/c1-7-4-10(17)9(16)6-11(7)18-14-19-12-5-8(15)2-3-13(12)20-14/h2-6H,1H3,(H,18,19). The van der Waals surface area contributed by atoms with Gasteiger partial charge in [0.25, 0.3) is 0 Å². The molecule has 0 aliphatic rings. The van der Waals surface area contributed by atoms with Crippen LogP contribution >= 0.6 is 43.2 Å². The molecule has 2 nitrogen and oxygen atoms in total. The van der Waals surface area contributed by atoms with E-state index < -0.39 is 0 Å². The van der Waals surface area contributed by atoms with Crippen molar-refractivity contribution < 1.29 is 4.39 Å². The molecular formula is C14H9Br2FN2S. The number of aromatic nitrogens is 1. The van der Waals surface area contributed by atoms with Crippen molar-refractivity contribution in [2.24, 2.45) is 0 Å². The maximum Gasteiger partial charge on any atom is 0.188 e. The lowest BCUT2D eigenvalue weighted by atomic mass is 10.2. The fourth-order valence-corrected chi connectivity index (χ4v) is 3.40. The van der Waals surface area contributed by atoms with Crippen LogP contribution in [-0.2, 0) is 0 Å². The van der Waals surface area contributed by atoms with Crippen molar-refractivity contribution in [1.82, 2.24) is 4.98 Å². The van der Waals surface area contributed by atoms with Crippen molar-refractivity contribution in [3.05, 3.63) is 50.7 Å². The van der Waals surface area contributed by atoms with Crippen LogP contribution in [0.2, 0.25) is 0 Å². The van der Waals surface area contributed by atoms with Gasteiger partial charge in [-0.05, 0) is 58.7 Å². The van der Waals surface area contributed by atoms with Crippen LogP contribution in [0.3, 0.4) is 0 Å². The second-order valence-electron chi connectivity index (χ2n) is 4.34. The van der Waals surface area contributed by atoms with E-state index in [0.29, 0.717) is 4.47 Å². The molecule has 2 aromatic carbocycles. The minimum Gasteiger partial charge on any atom is -0.331 e. The molecule has 1 aromatic heterocycles. The Bertz CT molecular complexity index is 801. The predicted octanol–water partition coefficient (Wildman–Crippen LogP) is 6.01. The van der Waals surface area contributed by atoms with Gasteiger partial charge in [-0.25, -0.2) is 9.37 Å². The van der Waals surface area contributed by atoms with E-state index in [1.54, 1.807) is 17.4 Å². The quantitative estimate of drug-likeness (QED) is 0.554. The molecule has 0 radical (unpaired) electrons. The lowest BCUT2D eigenvalue weighted by molar-refractivity contribution is 0.620. The molecule has 1 heterocycles. The number of nitrogens with one attached hydrogen (secondary N) is 1. The molecule has 102 valence electrons. The van der Waals surface area contributed by atoms with E-state index in [1.807, 2.05) is 25.1 Å². The van der Waals surface area contributed by atoms with Gasteiger partial charge in [0.15, 0.2) is 5.13 Å². The van der Waals surface area contributed by atoms with Gasteiger partial charge in [0.1, 0.15) is 5.82 Å². The summed E-state index contributed by atoms with van der Waals surface area (Å²) in [5.74, 6) is -0.263. The fourth-order valence-electron chi connectivity index (χ4n) is 1.85. The number of fused-ring (bicyclic) bond motifs is 1. The second-order valence-corrected chi connectivity index (χ2v) is 7.14. The summed E-state index contributed by atoms with van der Waals surface area (Å²) < 4.78 is 16.0. The Morgan fingerprint density at radius 2 is 2.00 bits per heavy atom. The van der Waals surface area contributed by atoms with Gasteiger partial charge in [-0.3, -0.25) is 0 Å². The van der Waals surface area contributed by atoms with Crippen LogP contribution in [0.5, 0.6) is 0 Å². The van der Waals surface area contributed by atoms with E-state index in [2.05, 4.69) is 42.2 Å². The van der Waals surface area contributed by atoms with Crippen molar-refractivity contribution in [2.45, 2.75) is 6.92 Å². The number of anilines is 2. The molecule has 20 heavy (non-hydrogen) atoms. The minimum absolute atomic E-state index is 0.263. The summed E-state index contributed by atoms with van der Waals surface area (Å²) in [7, 11) is 0. The van der Waals surface area contributed by atoms with E-state index in [-0.39, 0.29) is 5.82 Å². The number of halogens is 3. The third-order valence-electron chi connectivity index (χ3n) is 2.86. The van der Waals surface area contributed by atoms with Gasteiger partial charge in [0.2, 0.25) is 0 Å². The number of aryl methyl sites for hydroxylation is 1. The number of hydrogen-bond acceptors (Lipinski definition) is 3. The molecule has 1 N–H and O–H groups in total. The van der Waals surface area contributed by atoms with Gasteiger partial charge in [0, 0.05) is 10.2 Å². The van der Waals surface area contributed by atoms with E-state index in [1.165, 1.54) is 6.07 Å². The first kappa shape index (κ1) is 14.0. The third kappa shape index (κ3) is 2.73. The van der Waals surface area contributed by atoms with Crippen LogP contribution in [0.15, 0.2) is 39.3 Å². The number of nitrogens with zero attached hydrogens (tertiary/aromatic N) is 1. The van der Waals surface area contributed by atoms with Crippen LogP contribution in [0.1, 0.15) is 5.56 Å². The zero-order valence-corrected chi connectivity index (χ0v) is 14.4. The van der Waals surface area contributed by atoms with Gasteiger partial charge in [0.05, 0.1) is 14.7 Å². The summed E-state index contributed by atoms with van der Waals surface area (Å²) in [4.78, 5) is 4.53. The maximum atomic E-state index is 13.4. The predicted molar refractivity (Wildman–Crippen MR) is 89.4 cm³/mol. The monoisotopic (exact) mass is 414 g/mol. The van der Waals surface area contributed by atoms with Crippen LogP contribution < -0.4 is 5.32 Å². The first-order chi connectivity index (χ1) is 9.52. The SMILES string of the molecule is Cc1cc(F)c(Br)cc1Nc1nc2cc(Br)ccc2s1. The van der Waals surface area contributed by atoms with E-state index in [9.17, 15) is 4.39 Å². The van der Waals surface area contributed by atoms with Gasteiger partial charge in [-0.1, -0.05) is 27.3 Å². The zero-order chi connectivity index (χ0) is 14.3. The molecule has 0 amide bonds. The second kappa shape index (κ2) is 5.42. The number of benzene rings is 2. The van der Waals surface area contributed by atoms with E-state index >= 15 is 0 Å². The molecule has 0 aliphatic heterocycles. The Morgan fingerprint density at radius 1 is 1.20 bits per heavy atom. The summed E-state index contributed by atoms with van der Waals surface area (Å²) in [5, 5.41) is 4.04. The largest absolute Gasteiger partial charge is 0.331 e. The van der Waals surface area contributed by atoms with Gasteiger partial charge >= 0.3 is 0 Å². The number of rotatable bonds is 2. The molecule has 0 aliphatic carbocycles. The molecule has 0 unspecified atom stereocenters. The van der Waals surface area contributed by atoms with Gasteiger partial charge in [-0.15, -0.1) is 0 Å². The summed E-state index contributed by atoms with van der Waals surface area (Å²) in [5.41, 5.74) is 2.62. The molecule has 0 fully saturated rings. The molecule has 3 aromatic rings. The smallest absolute Gasteiger partial charge is 0.188 e. The zero-order valence-electron chi connectivity index (χ0n) is 10.4. The van der Waals surface area contributed by atoms with Crippen molar-refractivity contribution in [1.29, 1.82) is 0 Å². The average Bonchev–Trinajstić information content (AvgIpc) is 2.77. The topological polar surface area (TPSA) is 24.9 Å². The third-order valence-corrected chi connectivity index (χ3v) is 4.91. The molecular weight excluding hydrogens is 407 g/mol. The Balaban J connectivity index is 1.99. The fraction of sp³-hybridized carbons (Fsp3) is 0.0714. The first-order valence-corrected chi connectivity index (χ1v) is 8.22. The Kier molecular flexibility index (Phi) is 3.79. The van der Waals surface area contributed by atoms with Crippen molar-refractivity contribution >= 4 is 64.2 Å². The van der Waals surface area contributed by atoms with E-state index in [0.717, 1.165) is 31.1 Å². The highest BCUT2D eigenvalue weighted by molar-refractivity contribution is 9.10. The highest BCUT2D eigenvalue weighted by Gasteiger charge is 2.09. The lowest BCUT2D eigenvalue weighted by Crippen LogP contribution is -1.94. The van der Waals surface area contributed by atoms with Gasteiger partial charge in [-0.2, -0.15) is 0 Å². The lowest BCUT2D eigenvalue weighted by Gasteiger charge is -2.07. The highest BCUT2D eigenvalue weighted by Crippen LogP contribution is 2.32. The van der Waals surface area contributed by atoms with Crippen molar-refractivity contribution in [3.63, 3.8) is 0 Å². The summed E-state index contributed by atoms with van der Waals surface area (Å²) in [6, 6.07) is 9.22. The molecule has 0 saturated carbocycles. The van der Waals surface area contributed by atoms with Crippen molar-refractivity contribution in [3.8, 4) is 0 Å². The van der Waals surface area contributed by atoms with Crippen LogP contribution in [0.4, 0.5) is 15.2 Å². The van der Waals surface area contributed by atoms with Crippen LogP contribution in [0.25, 0.3) is 10.2 Å². The Morgan fingerprint density at radius 3 is 2.80 bits per heavy atom. The van der Waals surface area contributed by atoms with Crippen LogP contribution in [-0.4, -0.2) is 4.98 Å². The molecule has 0 atom stereocenters. The Hall–Kier alpha value is -0.980.